The first kappa shape index (κ1) is 13.0. The van der Waals surface area contributed by atoms with Gasteiger partial charge in [-0.25, -0.2) is 0 Å². The van der Waals surface area contributed by atoms with Gasteiger partial charge in [-0.05, 0) is 48.7 Å². The van der Waals surface area contributed by atoms with Crippen molar-refractivity contribution >= 4 is 33.5 Å². The summed E-state index contributed by atoms with van der Waals surface area (Å²) in [5, 5.41) is 0.00283. The van der Waals surface area contributed by atoms with Crippen molar-refractivity contribution in [3.8, 4) is 11.8 Å². The predicted molar refractivity (Wildman–Crippen MR) is 72.9 cm³/mol. The topological polar surface area (TPSA) is 73.9 Å². The largest absolute Gasteiger partial charge is 0.424 e. The van der Waals surface area contributed by atoms with Crippen LogP contribution in [0.1, 0.15) is 11.1 Å². The van der Waals surface area contributed by atoms with Crippen LogP contribution in [0.4, 0.5) is 5.95 Å². The van der Waals surface area contributed by atoms with E-state index < -0.39 is 0 Å². The van der Waals surface area contributed by atoms with E-state index in [2.05, 4.69) is 30.9 Å². The standard InChI is InChI=1S/C11H10BrClN4O/c1-5-3-7(4-6(2)8(5)12)18-11-16-9(13)15-10(14)17-11/h3-4H,1-2H3,(H2,14,15,16,17). The number of rotatable bonds is 2. The molecule has 0 aliphatic rings. The summed E-state index contributed by atoms with van der Waals surface area (Å²) in [5.74, 6) is 0.644. The minimum Gasteiger partial charge on any atom is -0.424 e. The van der Waals surface area contributed by atoms with Crippen molar-refractivity contribution in [3.05, 3.63) is 33.0 Å². The van der Waals surface area contributed by atoms with Gasteiger partial charge in [-0.2, -0.15) is 15.0 Å². The third kappa shape index (κ3) is 2.88. The van der Waals surface area contributed by atoms with Gasteiger partial charge < -0.3 is 10.5 Å². The molecule has 0 amide bonds. The van der Waals surface area contributed by atoms with Gasteiger partial charge in [-0.3, -0.25) is 0 Å². The summed E-state index contributed by atoms with van der Waals surface area (Å²) in [4.78, 5) is 11.3. The number of anilines is 1. The maximum Gasteiger partial charge on any atom is 0.328 e. The second-order valence-corrected chi connectivity index (χ2v) is 4.85. The summed E-state index contributed by atoms with van der Waals surface area (Å²) in [5.41, 5.74) is 7.57. The Balaban J connectivity index is 2.34. The highest BCUT2D eigenvalue weighted by atomic mass is 79.9. The molecule has 0 saturated heterocycles. The van der Waals surface area contributed by atoms with Crippen LogP contribution < -0.4 is 10.5 Å². The smallest absolute Gasteiger partial charge is 0.328 e. The minimum atomic E-state index is 0.00283. The lowest BCUT2D eigenvalue weighted by atomic mass is 10.1. The second-order valence-electron chi connectivity index (χ2n) is 3.72. The molecule has 0 aliphatic carbocycles. The Bertz CT molecular complexity index is 562. The van der Waals surface area contributed by atoms with Gasteiger partial charge in [0.1, 0.15) is 5.75 Å². The molecule has 2 rings (SSSR count). The molecule has 2 N–H and O–H groups in total. The van der Waals surface area contributed by atoms with Crippen molar-refractivity contribution in [1.29, 1.82) is 0 Å². The van der Waals surface area contributed by atoms with Crippen molar-refractivity contribution in [2.24, 2.45) is 0 Å². The van der Waals surface area contributed by atoms with Crippen molar-refractivity contribution in [2.45, 2.75) is 13.8 Å². The average molecular weight is 330 g/mol. The lowest BCUT2D eigenvalue weighted by Gasteiger charge is -2.08. The molecule has 0 aliphatic heterocycles. The lowest BCUT2D eigenvalue weighted by molar-refractivity contribution is 0.440. The zero-order valence-electron chi connectivity index (χ0n) is 9.74. The van der Waals surface area contributed by atoms with Gasteiger partial charge in [0.05, 0.1) is 0 Å². The first-order valence-corrected chi connectivity index (χ1v) is 6.24. The molecule has 0 fully saturated rings. The number of nitrogen functional groups attached to an aromatic ring is 1. The number of hydrogen-bond donors (Lipinski definition) is 1. The van der Waals surface area contributed by atoms with E-state index in [-0.39, 0.29) is 17.2 Å². The molecule has 0 unspecified atom stereocenters. The second kappa shape index (κ2) is 5.07. The summed E-state index contributed by atoms with van der Waals surface area (Å²) < 4.78 is 6.55. The number of hydrogen-bond acceptors (Lipinski definition) is 5. The summed E-state index contributed by atoms with van der Waals surface area (Å²) >= 11 is 9.16. The summed E-state index contributed by atoms with van der Waals surface area (Å²) in [6.07, 6.45) is 0. The number of aromatic nitrogens is 3. The highest BCUT2D eigenvalue weighted by Gasteiger charge is 2.08. The van der Waals surface area contributed by atoms with Crippen LogP contribution in [0.15, 0.2) is 16.6 Å². The van der Waals surface area contributed by atoms with E-state index in [1.807, 2.05) is 26.0 Å². The molecule has 0 saturated carbocycles. The van der Waals surface area contributed by atoms with Gasteiger partial charge in [0.25, 0.3) is 0 Å². The Hall–Kier alpha value is -1.40. The number of nitrogens with two attached hydrogens (primary N) is 1. The van der Waals surface area contributed by atoms with E-state index in [1.54, 1.807) is 0 Å². The Morgan fingerprint density at radius 1 is 1.17 bits per heavy atom. The van der Waals surface area contributed by atoms with E-state index >= 15 is 0 Å². The molecule has 0 radical (unpaired) electrons. The fourth-order valence-electron chi connectivity index (χ4n) is 1.46. The summed E-state index contributed by atoms with van der Waals surface area (Å²) in [6.45, 7) is 3.94. The van der Waals surface area contributed by atoms with Crippen LogP contribution in [0, 0.1) is 13.8 Å². The van der Waals surface area contributed by atoms with Crippen LogP contribution in [0.3, 0.4) is 0 Å². The molecular weight excluding hydrogens is 320 g/mol. The van der Waals surface area contributed by atoms with Crippen molar-refractivity contribution in [3.63, 3.8) is 0 Å². The maximum atomic E-state index is 5.67. The Labute approximate surface area is 118 Å². The third-order valence-corrected chi connectivity index (χ3v) is 3.64. The van der Waals surface area contributed by atoms with E-state index in [0.29, 0.717) is 5.75 Å². The first-order chi connectivity index (χ1) is 8.45. The Kier molecular flexibility index (Phi) is 3.68. The lowest BCUT2D eigenvalue weighted by Crippen LogP contribution is -2.00. The van der Waals surface area contributed by atoms with Gasteiger partial charge in [-0.15, -0.1) is 0 Å². The van der Waals surface area contributed by atoms with Gasteiger partial charge in [-0.1, -0.05) is 15.9 Å². The molecule has 1 aromatic carbocycles. The SMILES string of the molecule is Cc1cc(Oc2nc(N)nc(Cl)n2)cc(C)c1Br. The summed E-state index contributed by atoms with van der Waals surface area (Å²) in [6, 6.07) is 3.81. The number of aryl methyl sites for hydroxylation is 2. The van der Waals surface area contributed by atoms with Gasteiger partial charge >= 0.3 is 6.01 Å². The maximum absolute atomic E-state index is 5.67. The van der Waals surface area contributed by atoms with E-state index in [9.17, 15) is 0 Å². The van der Waals surface area contributed by atoms with Gasteiger partial charge in [0.2, 0.25) is 11.2 Å². The van der Waals surface area contributed by atoms with Gasteiger partial charge in [0, 0.05) is 4.47 Å². The normalized spacial score (nSPS) is 10.4. The summed E-state index contributed by atoms with van der Waals surface area (Å²) in [7, 11) is 0. The number of nitrogens with zero attached hydrogens (tertiary/aromatic N) is 3. The van der Waals surface area contributed by atoms with E-state index in [1.165, 1.54) is 0 Å². The number of halogens is 2. The molecule has 0 bridgehead atoms. The van der Waals surface area contributed by atoms with Crippen molar-refractivity contribution < 1.29 is 4.74 Å². The molecule has 5 nitrogen and oxygen atoms in total. The van der Waals surface area contributed by atoms with Crippen LogP contribution in [0.2, 0.25) is 5.28 Å². The fraction of sp³-hybridized carbons (Fsp3) is 0.182. The zero-order valence-corrected chi connectivity index (χ0v) is 12.1. The zero-order chi connectivity index (χ0) is 13.3. The molecular formula is C11H10BrClN4O. The number of benzene rings is 1. The van der Waals surface area contributed by atoms with Crippen LogP contribution in [-0.2, 0) is 0 Å². The predicted octanol–water partition coefficient (Wildman–Crippen LogP) is 3.28. The number of ether oxygens (including phenoxy) is 1. The molecule has 7 heteroatoms. The van der Waals surface area contributed by atoms with Crippen molar-refractivity contribution in [2.75, 3.05) is 5.73 Å². The fourth-order valence-corrected chi connectivity index (χ4v) is 1.85. The minimum absolute atomic E-state index is 0.00283. The molecule has 94 valence electrons. The molecule has 0 spiro atoms. The Morgan fingerprint density at radius 2 is 1.78 bits per heavy atom. The van der Waals surface area contributed by atoms with Crippen LogP contribution in [-0.4, -0.2) is 15.0 Å². The Morgan fingerprint density at radius 3 is 2.33 bits per heavy atom. The molecule has 1 heterocycles. The van der Waals surface area contributed by atoms with Gasteiger partial charge in [0.15, 0.2) is 0 Å². The monoisotopic (exact) mass is 328 g/mol. The average Bonchev–Trinajstić information content (AvgIpc) is 2.24. The third-order valence-electron chi connectivity index (χ3n) is 2.22. The van der Waals surface area contributed by atoms with Crippen LogP contribution in [0.5, 0.6) is 11.8 Å². The van der Waals surface area contributed by atoms with E-state index in [0.717, 1.165) is 15.6 Å². The molecule has 2 aromatic rings. The van der Waals surface area contributed by atoms with Crippen LogP contribution >= 0.6 is 27.5 Å². The van der Waals surface area contributed by atoms with E-state index in [4.69, 9.17) is 22.1 Å². The quantitative estimate of drug-likeness (QED) is 0.915. The van der Waals surface area contributed by atoms with Crippen LogP contribution in [0.25, 0.3) is 0 Å². The highest BCUT2D eigenvalue weighted by molar-refractivity contribution is 9.10. The highest BCUT2D eigenvalue weighted by Crippen LogP contribution is 2.28. The first-order valence-electron chi connectivity index (χ1n) is 5.07. The molecule has 0 atom stereocenters. The van der Waals surface area contributed by atoms with Crippen molar-refractivity contribution in [1.82, 2.24) is 15.0 Å². The molecule has 1 aromatic heterocycles. The molecule has 18 heavy (non-hydrogen) atoms.